The standard InChI is InChI=1S/C20H22N4O2/c1-12-3-2-4-16-18(12)15-6-5-13(19(25)23-20(21)22)11-17(15)24(16)14-7-9-26-10-8-14/h2-6,11,14H,7-10H2,1H3,(H4,21,22,23,25). The van der Waals surface area contributed by atoms with Crippen molar-refractivity contribution < 1.29 is 9.53 Å². The minimum Gasteiger partial charge on any atom is -0.381 e. The monoisotopic (exact) mass is 350 g/mol. The average molecular weight is 350 g/mol. The van der Waals surface area contributed by atoms with Crippen molar-refractivity contribution in [2.45, 2.75) is 25.8 Å². The Morgan fingerprint density at radius 2 is 1.92 bits per heavy atom. The number of benzene rings is 2. The molecular formula is C20H22N4O2. The van der Waals surface area contributed by atoms with Gasteiger partial charge in [-0.1, -0.05) is 18.2 Å². The molecule has 3 aromatic rings. The summed E-state index contributed by atoms with van der Waals surface area (Å²) in [6, 6.07) is 12.4. The topological polar surface area (TPSA) is 95.6 Å². The summed E-state index contributed by atoms with van der Waals surface area (Å²) in [5, 5.41) is 2.38. The minimum atomic E-state index is -0.424. The van der Waals surface area contributed by atoms with Gasteiger partial charge in [0.25, 0.3) is 5.91 Å². The summed E-state index contributed by atoms with van der Waals surface area (Å²) in [5.74, 6) is -0.650. The summed E-state index contributed by atoms with van der Waals surface area (Å²) in [7, 11) is 0. The average Bonchev–Trinajstić information content (AvgIpc) is 2.96. The highest BCUT2D eigenvalue weighted by molar-refractivity contribution is 6.12. The summed E-state index contributed by atoms with van der Waals surface area (Å²) >= 11 is 0. The number of hydrogen-bond acceptors (Lipinski definition) is 2. The zero-order valence-corrected chi connectivity index (χ0v) is 14.7. The molecule has 0 bridgehead atoms. The fourth-order valence-electron chi connectivity index (χ4n) is 3.93. The Kier molecular flexibility index (Phi) is 4.12. The lowest BCUT2D eigenvalue weighted by Crippen LogP contribution is -2.24. The molecule has 0 spiro atoms. The van der Waals surface area contributed by atoms with Crippen LogP contribution in [-0.2, 0) is 4.74 Å². The maximum atomic E-state index is 12.3. The van der Waals surface area contributed by atoms with Gasteiger partial charge in [-0.15, -0.1) is 0 Å². The first kappa shape index (κ1) is 16.6. The molecule has 4 rings (SSSR count). The summed E-state index contributed by atoms with van der Waals surface area (Å²) in [4.78, 5) is 16.0. The van der Waals surface area contributed by atoms with Crippen LogP contribution in [0.15, 0.2) is 41.4 Å². The number of carbonyl (C=O) groups excluding carboxylic acids is 1. The van der Waals surface area contributed by atoms with Crippen LogP contribution in [-0.4, -0.2) is 29.6 Å². The van der Waals surface area contributed by atoms with E-state index in [1.807, 2.05) is 12.1 Å². The first-order valence-electron chi connectivity index (χ1n) is 8.81. The smallest absolute Gasteiger partial charge is 0.280 e. The van der Waals surface area contributed by atoms with Gasteiger partial charge in [-0.2, -0.15) is 4.99 Å². The van der Waals surface area contributed by atoms with Crippen LogP contribution in [0.25, 0.3) is 21.8 Å². The molecule has 134 valence electrons. The second kappa shape index (κ2) is 6.46. The van der Waals surface area contributed by atoms with Crippen LogP contribution in [0.5, 0.6) is 0 Å². The lowest BCUT2D eigenvalue weighted by atomic mass is 10.1. The van der Waals surface area contributed by atoms with Crippen molar-refractivity contribution in [3.05, 3.63) is 47.5 Å². The van der Waals surface area contributed by atoms with Gasteiger partial charge < -0.3 is 20.8 Å². The summed E-state index contributed by atoms with van der Waals surface area (Å²) < 4.78 is 7.89. The van der Waals surface area contributed by atoms with Gasteiger partial charge in [0.15, 0.2) is 5.96 Å². The number of aryl methyl sites for hydroxylation is 1. The predicted octanol–water partition coefficient (Wildman–Crippen LogP) is 2.87. The number of aliphatic imine (C=N–C) groups is 1. The van der Waals surface area contributed by atoms with Crippen molar-refractivity contribution >= 4 is 33.7 Å². The van der Waals surface area contributed by atoms with Gasteiger partial charge >= 0.3 is 0 Å². The van der Waals surface area contributed by atoms with E-state index in [2.05, 4.69) is 34.7 Å². The van der Waals surface area contributed by atoms with Gasteiger partial charge in [0.1, 0.15) is 0 Å². The van der Waals surface area contributed by atoms with Crippen LogP contribution < -0.4 is 11.5 Å². The van der Waals surface area contributed by atoms with Gasteiger partial charge in [-0.05, 0) is 43.5 Å². The first-order valence-corrected chi connectivity index (χ1v) is 8.81. The molecular weight excluding hydrogens is 328 g/mol. The second-order valence-electron chi connectivity index (χ2n) is 6.76. The van der Waals surface area contributed by atoms with E-state index in [9.17, 15) is 4.79 Å². The van der Waals surface area contributed by atoms with Crippen LogP contribution in [0.4, 0.5) is 0 Å². The largest absolute Gasteiger partial charge is 0.381 e. The van der Waals surface area contributed by atoms with Gasteiger partial charge in [-0.25, -0.2) is 0 Å². The number of guanidine groups is 1. The number of ether oxygens (including phenoxy) is 1. The Labute approximate surface area is 151 Å². The number of nitrogens with zero attached hydrogens (tertiary/aromatic N) is 2. The zero-order chi connectivity index (χ0) is 18.3. The molecule has 26 heavy (non-hydrogen) atoms. The Balaban J connectivity index is 1.99. The number of carbonyl (C=O) groups is 1. The molecule has 1 aromatic heterocycles. The van der Waals surface area contributed by atoms with E-state index in [1.54, 1.807) is 6.07 Å². The Bertz CT molecular complexity index is 1030. The molecule has 0 unspecified atom stereocenters. The van der Waals surface area contributed by atoms with Crippen molar-refractivity contribution in [3.63, 3.8) is 0 Å². The number of rotatable bonds is 2. The molecule has 0 radical (unpaired) electrons. The zero-order valence-electron chi connectivity index (χ0n) is 14.7. The van der Waals surface area contributed by atoms with Crippen LogP contribution in [0.3, 0.4) is 0 Å². The SMILES string of the molecule is Cc1cccc2c1c1ccc(C(=O)N=C(N)N)cc1n2C1CCOCC1. The second-order valence-corrected chi connectivity index (χ2v) is 6.76. The van der Waals surface area contributed by atoms with Crippen molar-refractivity contribution in [3.8, 4) is 0 Å². The van der Waals surface area contributed by atoms with Gasteiger partial charge in [0.2, 0.25) is 0 Å². The lowest BCUT2D eigenvalue weighted by molar-refractivity contribution is 0.0717. The molecule has 1 aliphatic rings. The number of nitrogens with two attached hydrogens (primary N) is 2. The molecule has 6 heteroatoms. The van der Waals surface area contributed by atoms with Crippen molar-refractivity contribution in [2.75, 3.05) is 13.2 Å². The number of fused-ring (bicyclic) bond motifs is 3. The highest BCUT2D eigenvalue weighted by Crippen LogP contribution is 2.37. The first-order chi connectivity index (χ1) is 12.6. The van der Waals surface area contributed by atoms with Crippen LogP contribution >= 0.6 is 0 Å². The maximum absolute atomic E-state index is 12.3. The van der Waals surface area contributed by atoms with E-state index >= 15 is 0 Å². The fraction of sp³-hybridized carbons (Fsp3) is 0.300. The summed E-state index contributed by atoms with van der Waals surface area (Å²) in [6.07, 6.45) is 1.91. The third-order valence-corrected chi connectivity index (χ3v) is 5.07. The molecule has 1 fully saturated rings. The molecule has 1 aliphatic heterocycles. The quantitative estimate of drug-likeness (QED) is 0.549. The molecule has 2 heterocycles. The van der Waals surface area contributed by atoms with E-state index in [0.717, 1.165) is 37.0 Å². The predicted molar refractivity (Wildman–Crippen MR) is 103 cm³/mol. The highest BCUT2D eigenvalue weighted by atomic mass is 16.5. The van der Waals surface area contributed by atoms with Gasteiger partial charge in [0.05, 0.1) is 5.52 Å². The summed E-state index contributed by atoms with van der Waals surface area (Å²) in [5.41, 5.74) is 14.7. The molecule has 4 N–H and O–H groups in total. The molecule has 6 nitrogen and oxygen atoms in total. The fourth-order valence-corrected chi connectivity index (χ4v) is 3.93. The molecule has 0 atom stereocenters. The Hall–Kier alpha value is -2.86. The number of hydrogen-bond donors (Lipinski definition) is 2. The van der Waals surface area contributed by atoms with E-state index in [-0.39, 0.29) is 5.96 Å². The molecule has 0 aliphatic carbocycles. The van der Waals surface area contributed by atoms with Crippen LogP contribution in [0, 0.1) is 6.92 Å². The molecule has 1 saturated heterocycles. The van der Waals surface area contributed by atoms with Gasteiger partial charge in [-0.3, -0.25) is 4.79 Å². The van der Waals surface area contributed by atoms with E-state index in [4.69, 9.17) is 16.2 Å². The third kappa shape index (κ3) is 2.72. The summed E-state index contributed by atoms with van der Waals surface area (Å²) in [6.45, 7) is 3.63. The Morgan fingerprint density at radius 1 is 1.15 bits per heavy atom. The number of aromatic nitrogens is 1. The van der Waals surface area contributed by atoms with Crippen molar-refractivity contribution in [1.82, 2.24) is 4.57 Å². The third-order valence-electron chi connectivity index (χ3n) is 5.07. The molecule has 0 saturated carbocycles. The van der Waals surface area contributed by atoms with Crippen LogP contribution in [0.1, 0.15) is 34.8 Å². The highest BCUT2D eigenvalue weighted by Gasteiger charge is 2.22. The van der Waals surface area contributed by atoms with Gasteiger partial charge in [0, 0.05) is 41.1 Å². The van der Waals surface area contributed by atoms with E-state index < -0.39 is 5.91 Å². The normalized spacial score (nSPS) is 15.4. The van der Waals surface area contributed by atoms with E-state index in [0.29, 0.717) is 11.6 Å². The molecule has 2 aromatic carbocycles. The number of amides is 1. The Morgan fingerprint density at radius 3 is 2.65 bits per heavy atom. The van der Waals surface area contributed by atoms with Crippen LogP contribution in [0.2, 0.25) is 0 Å². The minimum absolute atomic E-state index is 0.226. The molecule has 1 amide bonds. The lowest BCUT2D eigenvalue weighted by Gasteiger charge is -2.25. The maximum Gasteiger partial charge on any atom is 0.280 e. The van der Waals surface area contributed by atoms with Crippen molar-refractivity contribution in [1.29, 1.82) is 0 Å². The van der Waals surface area contributed by atoms with Crippen molar-refractivity contribution in [2.24, 2.45) is 16.5 Å². The van der Waals surface area contributed by atoms with E-state index in [1.165, 1.54) is 16.5 Å².